The van der Waals surface area contributed by atoms with E-state index >= 15 is 0 Å². The number of hydrogen-bond acceptors (Lipinski definition) is 3. The summed E-state index contributed by atoms with van der Waals surface area (Å²) in [7, 11) is 0. The standard InChI is InChI=1S/C11H15N3S2/c1-11(2,3)14-9(12-13-10(14)15)6-8-4-5-16-7-8/h4-5,7H,6H2,1-3H3,(H,13,15). The summed E-state index contributed by atoms with van der Waals surface area (Å²) in [6.07, 6.45) is 0.827. The van der Waals surface area contributed by atoms with Crippen LogP contribution >= 0.6 is 23.6 Å². The van der Waals surface area contributed by atoms with Crippen LogP contribution in [0.5, 0.6) is 0 Å². The highest BCUT2D eigenvalue weighted by atomic mass is 32.1. The van der Waals surface area contributed by atoms with Crippen molar-refractivity contribution in [2.75, 3.05) is 0 Å². The minimum Gasteiger partial charge on any atom is -0.298 e. The molecule has 2 heterocycles. The topological polar surface area (TPSA) is 33.6 Å². The average Bonchev–Trinajstić information content (AvgIpc) is 2.75. The summed E-state index contributed by atoms with van der Waals surface area (Å²) in [5.74, 6) is 0.996. The molecule has 1 N–H and O–H groups in total. The predicted molar refractivity (Wildman–Crippen MR) is 69.5 cm³/mol. The van der Waals surface area contributed by atoms with E-state index in [1.165, 1.54) is 5.56 Å². The number of nitrogens with zero attached hydrogens (tertiary/aromatic N) is 2. The third kappa shape index (κ3) is 2.25. The highest BCUT2D eigenvalue weighted by Gasteiger charge is 2.19. The van der Waals surface area contributed by atoms with Crippen molar-refractivity contribution in [3.63, 3.8) is 0 Å². The van der Waals surface area contributed by atoms with Gasteiger partial charge in [-0.3, -0.25) is 9.67 Å². The Hall–Kier alpha value is -0.940. The number of aromatic amines is 1. The SMILES string of the molecule is CC(C)(C)n1c(Cc2ccsc2)n[nH]c1=S. The molecule has 0 aliphatic heterocycles. The molecule has 0 amide bonds. The summed E-state index contributed by atoms with van der Waals surface area (Å²) >= 11 is 6.97. The summed E-state index contributed by atoms with van der Waals surface area (Å²) in [4.78, 5) is 0. The average molecular weight is 253 g/mol. The van der Waals surface area contributed by atoms with Crippen molar-refractivity contribution < 1.29 is 0 Å². The molecule has 2 aromatic rings. The van der Waals surface area contributed by atoms with Crippen LogP contribution in [0.15, 0.2) is 16.8 Å². The lowest BCUT2D eigenvalue weighted by Gasteiger charge is -2.22. The Morgan fingerprint density at radius 2 is 2.25 bits per heavy atom. The molecule has 16 heavy (non-hydrogen) atoms. The fourth-order valence-corrected chi connectivity index (χ4v) is 2.81. The monoisotopic (exact) mass is 253 g/mol. The molecule has 5 heteroatoms. The molecular formula is C11H15N3S2. The Labute approximate surface area is 104 Å². The number of thiophene rings is 1. The van der Waals surface area contributed by atoms with Gasteiger partial charge in [0.05, 0.1) is 0 Å². The molecule has 2 aromatic heterocycles. The van der Waals surface area contributed by atoms with Gasteiger partial charge in [0.25, 0.3) is 0 Å². The van der Waals surface area contributed by atoms with Crippen LogP contribution in [0.1, 0.15) is 32.2 Å². The second-order valence-corrected chi connectivity index (χ2v) is 5.93. The molecule has 0 aliphatic carbocycles. The summed E-state index contributed by atoms with van der Waals surface area (Å²) < 4.78 is 2.78. The fraction of sp³-hybridized carbons (Fsp3) is 0.455. The summed E-state index contributed by atoms with van der Waals surface area (Å²) in [6.45, 7) is 6.40. The zero-order valence-electron chi connectivity index (χ0n) is 9.65. The second-order valence-electron chi connectivity index (χ2n) is 4.76. The van der Waals surface area contributed by atoms with E-state index in [4.69, 9.17) is 12.2 Å². The minimum atomic E-state index is -0.0323. The van der Waals surface area contributed by atoms with E-state index in [1.807, 2.05) is 0 Å². The van der Waals surface area contributed by atoms with Gasteiger partial charge in [-0.05, 0) is 55.4 Å². The Balaban J connectivity index is 2.39. The molecule has 0 radical (unpaired) electrons. The molecule has 86 valence electrons. The maximum atomic E-state index is 5.26. The predicted octanol–water partition coefficient (Wildman–Crippen LogP) is 3.35. The zero-order chi connectivity index (χ0) is 11.8. The lowest BCUT2D eigenvalue weighted by atomic mass is 10.1. The highest BCUT2D eigenvalue weighted by molar-refractivity contribution is 7.71. The Kier molecular flexibility index (Phi) is 2.99. The van der Waals surface area contributed by atoms with Gasteiger partial charge in [0, 0.05) is 12.0 Å². The van der Waals surface area contributed by atoms with Crippen LogP contribution < -0.4 is 0 Å². The van der Waals surface area contributed by atoms with Crippen molar-refractivity contribution in [2.24, 2.45) is 0 Å². The van der Waals surface area contributed by atoms with E-state index in [1.54, 1.807) is 11.3 Å². The lowest BCUT2D eigenvalue weighted by molar-refractivity contribution is 0.380. The van der Waals surface area contributed by atoms with Gasteiger partial charge >= 0.3 is 0 Å². The van der Waals surface area contributed by atoms with Gasteiger partial charge in [0.1, 0.15) is 5.82 Å². The van der Waals surface area contributed by atoms with Crippen molar-refractivity contribution in [1.29, 1.82) is 0 Å². The summed E-state index contributed by atoms with van der Waals surface area (Å²) in [5.41, 5.74) is 1.25. The fourth-order valence-electron chi connectivity index (χ4n) is 1.72. The van der Waals surface area contributed by atoms with Crippen LogP contribution in [0.4, 0.5) is 0 Å². The molecule has 0 aliphatic rings. The van der Waals surface area contributed by atoms with Crippen LogP contribution in [0, 0.1) is 4.77 Å². The minimum absolute atomic E-state index is 0.0323. The zero-order valence-corrected chi connectivity index (χ0v) is 11.3. The van der Waals surface area contributed by atoms with Gasteiger partial charge in [0.15, 0.2) is 4.77 Å². The van der Waals surface area contributed by atoms with Gasteiger partial charge in [-0.2, -0.15) is 16.4 Å². The van der Waals surface area contributed by atoms with E-state index in [9.17, 15) is 0 Å². The van der Waals surface area contributed by atoms with Crippen molar-refractivity contribution >= 4 is 23.6 Å². The van der Waals surface area contributed by atoms with E-state index in [-0.39, 0.29) is 5.54 Å². The molecular weight excluding hydrogens is 238 g/mol. The van der Waals surface area contributed by atoms with Crippen LogP contribution in [0.2, 0.25) is 0 Å². The molecule has 0 saturated carbocycles. The van der Waals surface area contributed by atoms with Crippen LogP contribution in [0.3, 0.4) is 0 Å². The first-order valence-electron chi connectivity index (χ1n) is 5.16. The molecule has 2 rings (SSSR count). The first-order valence-corrected chi connectivity index (χ1v) is 6.51. The molecule has 0 bridgehead atoms. The van der Waals surface area contributed by atoms with Crippen molar-refractivity contribution in [2.45, 2.75) is 32.7 Å². The van der Waals surface area contributed by atoms with E-state index in [0.29, 0.717) is 4.77 Å². The van der Waals surface area contributed by atoms with Crippen LogP contribution in [0.25, 0.3) is 0 Å². The number of aromatic nitrogens is 3. The van der Waals surface area contributed by atoms with Gasteiger partial charge < -0.3 is 0 Å². The highest BCUT2D eigenvalue weighted by Crippen LogP contribution is 2.19. The Morgan fingerprint density at radius 1 is 1.50 bits per heavy atom. The van der Waals surface area contributed by atoms with Crippen molar-refractivity contribution in [3.8, 4) is 0 Å². The molecule has 0 saturated heterocycles. The molecule has 3 nitrogen and oxygen atoms in total. The molecule has 0 spiro atoms. The first kappa shape index (κ1) is 11.5. The second kappa shape index (κ2) is 4.14. The maximum absolute atomic E-state index is 5.26. The largest absolute Gasteiger partial charge is 0.298 e. The Bertz CT molecular complexity index is 514. The third-order valence-corrected chi connectivity index (χ3v) is 3.36. The molecule has 0 unspecified atom stereocenters. The quantitative estimate of drug-likeness (QED) is 0.833. The summed E-state index contributed by atoms with van der Waals surface area (Å²) in [6, 6.07) is 2.12. The van der Waals surface area contributed by atoms with Gasteiger partial charge in [0.2, 0.25) is 0 Å². The van der Waals surface area contributed by atoms with Crippen molar-refractivity contribution in [3.05, 3.63) is 33.0 Å². The third-order valence-electron chi connectivity index (χ3n) is 2.35. The molecule has 0 aromatic carbocycles. The normalized spacial score (nSPS) is 11.9. The van der Waals surface area contributed by atoms with Gasteiger partial charge in [-0.1, -0.05) is 0 Å². The number of hydrogen-bond donors (Lipinski definition) is 1. The van der Waals surface area contributed by atoms with Crippen molar-refractivity contribution in [1.82, 2.24) is 14.8 Å². The number of H-pyrrole nitrogens is 1. The van der Waals surface area contributed by atoms with E-state index in [2.05, 4.69) is 52.4 Å². The van der Waals surface area contributed by atoms with Crippen LogP contribution in [-0.2, 0) is 12.0 Å². The van der Waals surface area contributed by atoms with E-state index < -0.39 is 0 Å². The Morgan fingerprint density at radius 3 is 2.81 bits per heavy atom. The van der Waals surface area contributed by atoms with E-state index in [0.717, 1.165) is 12.2 Å². The lowest BCUT2D eigenvalue weighted by Crippen LogP contribution is -2.24. The molecule has 0 atom stereocenters. The number of nitrogens with one attached hydrogen (secondary N) is 1. The van der Waals surface area contributed by atoms with Crippen LogP contribution in [-0.4, -0.2) is 14.8 Å². The maximum Gasteiger partial charge on any atom is 0.195 e. The smallest absolute Gasteiger partial charge is 0.195 e. The van der Waals surface area contributed by atoms with Gasteiger partial charge in [-0.15, -0.1) is 0 Å². The first-order chi connectivity index (χ1) is 7.48. The molecule has 0 fully saturated rings. The van der Waals surface area contributed by atoms with Gasteiger partial charge in [-0.25, -0.2) is 0 Å². The summed E-state index contributed by atoms with van der Waals surface area (Å²) in [5, 5.41) is 11.4. The number of rotatable bonds is 2.